The minimum atomic E-state index is -1.02. The molecule has 3 rings (SSSR count). The highest BCUT2D eigenvalue weighted by Crippen LogP contribution is 2.47. The first-order valence-corrected chi connectivity index (χ1v) is 6.25. The van der Waals surface area contributed by atoms with Gasteiger partial charge in [0.1, 0.15) is 18.8 Å². The zero-order valence-electron chi connectivity index (χ0n) is 10.2. The normalized spacial score (nSPS) is 43.1. The maximum Gasteiger partial charge on any atom is 0.197 e. The molecule has 2 aliphatic heterocycles. The van der Waals surface area contributed by atoms with Crippen molar-refractivity contribution in [3.05, 3.63) is 34.9 Å². The van der Waals surface area contributed by atoms with Crippen LogP contribution < -0.4 is 0 Å². The Bertz CT molecular complexity index is 463. The molecular weight excluding hydrogens is 256 g/mol. The van der Waals surface area contributed by atoms with Gasteiger partial charge < -0.3 is 19.3 Å². The van der Waals surface area contributed by atoms with E-state index in [4.69, 9.17) is 25.8 Å². The summed E-state index contributed by atoms with van der Waals surface area (Å²) in [6.07, 6.45) is -1.36. The minimum absolute atomic E-state index is 0.310. The predicted octanol–water partition coefficient (Wildman–Crippen LogP) is 2.25. The Kier molecular flexibility index (Phi) is 2.70. The van der Waals surface area contributed by atoms with Crippen LogP contribution in [0, 0.1) is 0 Å². The monoisotopic (exact) mass is 270 g/mol. The average Bonchev–Trinajstić information content (AvgIpc) is 2.60. The van der Waals surface area contributed by atoms with Crippen LogP contribution in [0.15, 0.2) is 24.3 Å². The lowest BCUT2D eigenvalue weighted by Crippen LogP contribution is -2.53. The van der Waals surface area contributed by atoms with Crippen LogP contribution in [0.5, 0.6) is 0 Å². The Morgan fingerprint density at radius 2 is 1.94 bits per heavy atom. The lowest BCUT2D eigenvalue weighted by atomic mass is 9.97. The van der Waals surface area contributed by atoms with Crippen molar-refractivity contribution in [1.82, 2.24) is 0 Å². The molecule has 0 unspecified atom stereocenters. The molecule has 0 saturated carbocycles. The first-order valence-electron chi connectivity index (χ1n) is 5.87. The van der Waals surface area contributed by atoms with E-state index in [0.29, 0.717) is 11.6 Å². The molecule has 2 bridgehead atoms. The zero-order valence-corrected chi connectivity index (χ0v) is 11.0. The van der Waals surface area contributed by atoms with Gasteiger partial charge in [-0.15, -0.1) is 0 Å². The van der Waals surface area contributed by atoms with Crippen molar-refractivity contribution < 1.29 is 19.3 Å². The summed E-state index contributed by atoms with van der Waals surface area (Å²) in [5.41, 5.74) is 0.859. The summed E-state index contributed by atoms with van der Waals surface area (Å²) in [5, 5.41) is 11.0. The Balaban J connectivity index is 1.95. The minimum Gasteiger partial charge on any atom is -0.384 e. The molecule has 0 spiro atoms. The third-order valence-electron chi connectivity index (χ3n) is 3.44. The highest BCUT2D eigenvalue weighted by Gasteiger charge is 2.58. The van der Waals surface area contributed by atoms with Gasteiger partial charge in [0.05, 0.1) is 0 Å². The summed E-state index contributed by atoms with van der Waals surface area (Å²) in [5.74, 6) is -1.82. The molecule has 0 aromatic heterocycles. The third kappa shape index (κ3) is 1.85. The number of benzene rings is 1. The zero-order chi connectivity index (χ0) is 13.0. The van der Waals surface area contributed by atoms with Gasteiger partial charge in [-0.25, -0.2) is 0 Å². The van der Waals surface area contributed by atoms with Crippen LogP contribution in [-0.4, -0.2) is 29.4 Å². The van der Waals surface area contributed by atoms with Gasteiger partial charge in [-0.3, -0.25) is 0 Å². The molecule has 0 aliphatic carbocycles. The summed E-state index contributed by atoms with van der Waals surface area (Å²) in [6, 6.07) is 7.23. The molecule has 1 aromatic carbocycles. The van der Waals surface area contributed by atoms with Crippen LogP contribution in [0.2, 0.25) is 5.02 Å². The van der Waals surface area contributed by atoms with E-state index < -0.39 is 23.8 Å². The molecule has 18 heavy (non-hydrogen) atoms. The molecule has 2 saturated heterocycles. The summed E-state index contributed by atoms with van der Waals surface area (Å²) in [4.78, 5) is 0. The molecule has 1 aromatic rings. The SMILES string of the molecule is C[C@@]12CO[C@@](C)(O1)[C@@H](O)[C@@H](c1ccc(Cl)cc1)O2. The molecule has 4 atom stereocenters. The first kappa shape index (κ1) is 12.4. The second-order valence-corrected chi connectivity index (χ2v) is 5.51. The molecule has 0 radical (unpaired) electrons. The summed E-state index contributed by atoms with van der Waals surface area (Å²) >= 11 is 5.86. The largest absolute Gasteiger partial charge is 0.384 e. The fraction of sp³-hybridized carbons (Fsp3) is 0.538. The number of hydrogen-bond acceptors (Lipinski definition) is 4. The highest BCUT2D eigenvalue weighted by atomic mass is 35.5. The smallest absolute Gasteiger partial charge is 0.197 e. The van der Waals surface area contributed by atoms with E-state index in [9.17, 15) is 5.11 Å². The second-order valence-electron chi connectivity index (χ2n) is 5.08. The van der Waals surface area contributed by atoms with E-state index >= 15 is 0 Å². The third-order valence-corrected chi connectivity index (χ3v) is 3.69. The van der Waals surface area contributed by atoms with E-state index in [1.54, 1.807) is 19.1 Å². The molecule has 0 amide bonds. The van der Waals surface area contributed by atoms with Crippen LogP contribution in [-0.2, 0) is 14.2 Å². The van der Waals surface area contributed by atoms with Gasteiger partial charge in [-0.05, 0) is 31.5 Å². The van der Waals surface area contributed by atoms with Gasteiger partial charge in [-0.1, -0.05) is 23.7 Å². The van der Waals surface area contributed by atoms with Gasteiger partial charge in [0.15, 0.2) is 11.6 Å². The average molecular weight is 271 g/mol. The molecule has 4 nitrogen and oxygen atoms in total. The van der Waals surface area contributed by atoms with E-state index in [1.807, 2.05) is 19.1 Å². The van der Waals surface area contributed by atoms with Crippen LogP contribution in [0.25, 0.3) is 0 Å². The van der Waals surface area contributed by atoms with Crippen molar-refractivity contribution >= 4 is 11.6 Å². The Morgan fingerprint density at radius 3 is 2.61 bits per heavy atom. The maximum atomic E-state index is 10.3. The Hall–Kier alpha value is -0.650. The van der Waals surface area contributed by atoms with E-state index in [0.717, 1.165) is 5.56 Å². The Labute approximate surface area is 110 Å². The molecular formula is C13H15ClO4. The molecule has 2 fully saturated rings. The number of rotatable bonds is 1. The van der Waals surface area contributed by atoms with Crippen molar-refractivity contribution in [2.24, 2.45) is 0 Å². The van der Waals surface area contributed by atoms with Gasteiger partial charge >= 0.3 is 0 Å². The predicted molar refractivity (Wildman–Crippen MR) is 65.1 cm³/mol. The van der Waals surface area contributed by atoms with Gasteiger partial charge in [0.2, 0.25) is 0 Å². The lowest BCUT2D eigenvalue weighted by molar-refractivity contribution is -0.359. The first-order chi connectivity index (χ1) is 8.42. The quantitative estimate of drug-likeness (QED) is 0.850. The van der Waals surface area contributed by atoms with Gasteiger partial charge in [0.25, 0.3) is 0 Å². The van der Waals surface area contributed by atoms with Gasteiger partial charge in [0, 0.05) is 5.02 Å². The molecule has 1 N–H and O–H groups in total. The number of aliphatic hydroxyl groups is 1. The molecule has 2 heterocycles. The van der Waals surface area contributed by atoms with Gasteiger partial charge in [-0.2, -0.15) is 0 Å². The van der Waals surface area contributed by atoms with Crippen LogP contribution in [0.3, 0.4) is 0 Å². The van der Waals surface area contributed by atoms with Crippen molar-refractivity contribution in [2.45, 2.75) is 37.6 Å². The van der Waals surface area contributed by atoms with E-state index in [-0.39, 0.29) is 0 Å². The van der Waals surface area contributed by atoms with E-state index in [1.165, 1.54) is 0 Å². The van der Waals surface area contributed by atoms with Crippen molar-refractivity contribution in [3.63, 3.8) is 0 Å². The molecule has 98 valence electrons. The fourth-order valence-electron chi connectivity index (χ4n) is 2.48. The van der Waals surface area contributed by atoms with Crippen LogP contribution in [0.4, 0.5) is 0 Å². The Morgan fingerprint density at radius 1 is 1.28 bits per heavy atom. The summed E-state index contributed by atoms with van der Waals surface area (Å²) < 4.78 is 17.0. The lowest BCUT2D eigenvalue weighted by Gasteiger charge is -2.42. The molecule has 5 heteroatoms. The number of halogens is 1. The highest BCUT2D eigenvalue weighted by molar-refractivity contribution is 6.30. The fourth-order valence-corrected chi connectivity index (χ4v) is 2.60. The standard InChI is InChI=1S/C13H15ClO4/c1-12-7-16-13(2,18-12)11(15)10(17-12)8-3-5-9(14)6-4-8/h3-6,10-11,15H,7H2,1-2H3/t10-,11+,12+,13+/m1/s1. The maximum absolute atomic E-state index is 10.3. The summed E-state index contributed by atoms with van der Waals surface area (Å²) in [6.45, 7) is 3.85. The molecule has 2 aliphatic rings. The van der Waals surface area contributed by atoms with E-state index in [2.05, 4.69) is 0 Å². The number of fused-ring (bicyclic) bond motifs is 2. The second kappa shape index (κ2) is 3.92. The topological polar surface area (TPSA) is 47.9 Å². The van der Waals surface area contributed by atoms with Crippen LogP contribution in [0.1, 0.15) is 25.5 Å². The number of aliphatic hydroxyl groups excluding tert-OH is 1. The number of ether oxygens (including phenoxy) is 3. The van der Waals surface area contributed by atoms with Crippen molar-refractivity contribution in [2.75, 3.05) is 6.61 Å². The van der Waals surface area contributed by atoms with Crippen LogP contribution >= 0.6 is 11.6 Å². The summed E-state index contributed by atoms with van der Waals surface area (Å²) in [7, 11) is 0. The van der Waals surface area contributed by atoms with Crippen molar-refractivity contribution in [1.29, 1.82) is 0 Å². The van der Waals surface area contributed by atoms with Crippen molar-refractivity contribution in [3.8, 4) is 0 Å². The number of hydrogen-bond donors (Lipinski definition) is 1.